The average Bonchev–Trinajstić information content (AvgIpc) is 3.24. The molecule has 0 saturated carbocycles. The molecule has 7 heteroatoms. The Kier molecular flexibility index (Phi) is 5.06. The maximum Gasteiger partial charge on any atom is 0.340 e. The molecule has 1 unspecified atom stereocenters. The molecule has 0 bridgehead atoms. The fourth-order valence-corrected chi connectivity index (χ4v) is 3.88. The molecule has 24 heavy (non-hydrogen) atoms. The van der Waals surface area contributed by atoms with E-state index in [0.29, 0.717) is 11.6 Å². The Bertz CT molecular complexity index is 748. The van der Waals surface area contributed by atoms with Crippen molar-refractivity contribution in [2.45, 2.75) is 18.9 Å². The van der Waals surface area contributed by atoms with Crippen molar-refractivity contribution in [3.8, 4) is 0 Å². The van der Waals surface area contributed by atoms with Gasteiger partial charge in [-0.25, -0.2) is 4.79 Å². The highest BCUT2D eigenvalue weighted by atomic mass is 35.5. The SMILES string of the molecule is Nc1ccc(Cl)cc1C(=O)OCC(=O)N1CCCC1c1cccs1. The monoisotopic (exact) mass is 364 g/mol. The summed E-state index contributed by atoms with van der Waals surface area (Å²) in [6.45, 7) is 0.380. The average molecular weight is 365 g/mol. The maximum atomic E-state index is 12.4. The summed E-state index contributed by atoms with van der Waals surface area (Å²) in [7, 11) is 0. The number of benzene rings is 1. The molecule has 0 aliphatic carbocycles. The number of hydrogen-bond acceptors (Lipinski definition) is 5. The van der Waals surface area contributed by atoms with Gasteiger partial charge in [-0.05, 0) is 42.5 Å². The van der Waals surface area contributed by atoms with E-state index in [2.05, 4.69) is 0 Å². The first-order valence-electron chi connectivity index (χ1n) is 7.61. The zero-order chi connectivity index (χ0) is 17.1. The van der Waals surface area contributed by atoms with Gasteiger partial charge in [0.15, 0.2) is 6.61 Å². The molecule has 3 rings (SSSR count). The molecule has 1 saturated heterocycles. The zero-order valence-electron chi connectivity index (χ0n) is 12.9. The lowest BCUT2D eigenvalue weighted by Gasteiger charge is -2.23. The number of carbonyl (C=O) groups is 2. The van der Waals surface area contributed by atoms with Crippen LogP contribution in [0.4, 0.5) is 5.69 Å². The van der Waals surface area contributed by atoms with E-state index < -0.39 is 5.97 Å². The molecule has 1 aromatic carbocycles. The van der Waals surface area contributed by atoms with E-state index in [1.54, 1.807) is 22.3 Å². The van der Waals surface area contributed by atoms with Gasteiger partial charge < -0.3 is 15.4 Å². The first-order chi connectivity index (χ1) is 11.6. The lowest BCUT2D eigenvalue weighted by molar-refractivity contribution is -0.135. The third kappa shape index (κ3) is 3.55. The Hall–Kier alpha value is -2.05. The molecule has 1 aliphatic rings. The van der Waals surface area contributed by atoms with Gasteiger partial charge in [-0.1, -0.05) is 17.7 Å². The van der Waals surface area contributed by atoms with Gasteiger partial charge in [0.1, 0.15) is 0 Å². The molecule has 126 valence electrons. The maximum absolute atomic E-state index is 12.4. The van der Waals surface area contributed by atoms with Crippen molar-refractivity contribution in [3.05, 3.63) is 51.2 Å². The van der Waals surface area contributed by atoms with Crippen LogP contribution >= 0.6 is 22.9 Å². The Balaban J connectivity index is 1.63. The van der Waals surface area contributed by atoms with Crippen LogP contribution in [-0.4, -0.2) is 29.9 Å². The summed E-state index contributed by atoms with van der Waals surface area (Å²) in [4.78, 5) is 27.5. The topological polar surface area (TPSA) is 72.6 Å². The summed E-state index contributed by atoms with van der Waals surface area (Å²) in [6.07, 6.45) is 1.88. The molecular formula is C17H17ClN2O3S. The number of thiophene rings is 1. The van der Waals surface area contributed by atoms with Gasteiger partial charge in [0.05, 0.1) is 11.6 Å². The van der Waals surface area contributed by atoms with Crippen molar-refractivity contribution in [2.75, 3.05) is 18.9 Å². The highest BCUT2D eigenvalue weighted by Gasteiger charge is 2.31. The summed E-state index contributed by atoms with van der Waals surface area (Å²) in [6, 6.07) is 8.65. The zero-order valence-corrected chi connectivity index (χ0v) is 14.5. The summed E-state index contributed by atoms with van der Waals surface area (Å²) in [5, 5.41) is 2.39. The Morgan fingerprint density at radius 2 is 2.21 bits per heavy atom. The number of rotatable bonds is 4. The largest absolute Gasteiger partial charge is 0.452 e. The lowest BCUT2D eigenvalue weighted by Crippen LogP contribution is -2.34. The molecule has 1 amide bonds. The number of anilines is 1. The molecule has 5 nitrogen and oxygen atoms in total. The summed E-state index contributed by atoms with van der Waals surface area (Å²) >= 11 is 7.50. The highest BCUT2D eigenvalue weighted by Crippen LogP contribution is 2.34. The smallest absolute Gasteiger partial charge is 0.340 e. The van der Waals surface area contributed by atoms with E-state index in [0.717, 1.165) is 17.7 Å². The molecule has 1 atom stereocenters. The third-order valence-corrected chi connectivity index (χ3v) is 5.22. The minimum Gasteiger partial charge on any atom is -0.452 e. The van der Waals surface area contributed by atoms with Crippen LogP contribution in [0.25, 0.3) is 0 Å². The summed E-state index contributed by atoms with van der Waals surface area (Å²) in [5.74, 6) is -0.838. The number of halogens is 1. The van der Waals surface area contributed by atoms with Crippen molar-refractivity contribution >= 4 is 40.5 Å². The summed E-state index contributed by atoms with van der Waals surface area (Å²) in [5.41, 5.74) is 6.20. The predicted octanol–water partition coefficient (Wildman–Crippen LogP) is 3.50. The van der Waals surface area contributed by atoms with Crippen molar-refractivity contribution in [3.63, 3.8) is 0 Å². The van der Waals surface area contributed by atoms with Gasteiger partial charge in [0.2, 0.25) is 0 Å². The van der Waals surface area contributed by atoms with Gasteiger partial charge in [0.25, 0.3) is 5.91 Å². The van der Waals surface area contributed by atoms with Gasteiger partial charge in [-0.15, -0.1) is 11.3 Å². The fourth-order valence-electron chi connectivity index (χ4n) is 2.84. The molecule has 2 N–H and O–H groups in total. The number of hydrogen-bond donors (Lipinski definition) is 1. The van der Waals surface area contributed by atoms with Crippen molar-refractivity contribution < 1.29 is 14.3 Å². The minimum atomic E-state index is -0.643. The Morgan fingerprint density at radius 1 is 1.38 bits per heavy atom. The molecule has 2 aromatic rings. The third-order valence-electron chi connectivity index (χ3n) is 4.01. The Labute approximate surface area is 149 Å². The van der Waals surface area contributed by atoms with Crippen LogP contribution in [0.5, 0.6) is 0 Å². The van der Waals surface area contributed by atoms with E-state index in [9.17, 15) is 9.59 Å². The molecule has 1 aliphatic heterocycles. The number of likely N-dealkylation sites (tertiary alicyclic amines) is 1. The van der Waals surface area contributed by atoms with Crippen LogP contribution in [0.2, 0.25) is 5.02 Å². The van der Waals surface area contributed by atoms with Crippen LogP contribution in [0.15, 0.2) is 35.7 Å². The van der Waals surface area contributed by atoms with E-state index in [-0.39, 0.29) is 29.8 Å². The molecular weight excluding hydrogens is 348 g/mol. The molecule has 1 aromatic heterocycles. The number of nitrogens with zero attached hydrogens (tertiary/aromatic N) is 1. The van der Waals surface area contributed by atoms with Gasteiger partial charge in [-0.2, -0.15) is 0 Å². The number of nitrogen functional groups attached to an aromatic ring is 1. The quantitative estimate of drug-likeness (QED) is 0.665. The van der Waals surface area contributed by atoms with Crippen molar-refractivity contribution in [1.82, 2.24) is 4.90 Å². The van der Waals surface area contributed by atoms with Crippen LogP contribution in [0.3, 0.4) is 0 Å². The Morgan fingerprint density at radius 3 is 2.96 bits per heavy atom. The number of amides is 1. The van der Waals surface area contributed by atoms with Crippen molar-refractivity contribution in [1.29, 1.82) is 0 Å². The second-order valence-electron chi connectivity index (χ2n) is 5.57. The van der Waals surface area contributed by atoms with Gasteiger partial charge >= 0.3 is 5.97 Å². The molecule has 0 radical (unpaired) electrons. The lowest BCUT2D eigenvalue weighted by atomic mass is 10.2. The van der Waals surface area contributed by atoms with Crippen LogP contribution in [-0.2, 0) is 9.53 Å². The number of esters is 1. The van der Waals surface area contributed by atoms with Gasteiger partial charge in [-0.3, -0.25) is 4.79 Å². The summed E-state index contributed by atoms with van der Waals surface area (Å²) < 4.78 is 5.14. The van der Waals surface area contributed by atoms with Crippen LogP contribution in [0.1, 0.15) is 34.1 Å². The molecule has 2 heterocycles. The van der Waals surface area contributed by atoms with E-state index >= 15 is 0 Å². The van der Waals surface area contributed by atoms with Crippen LogP contribution in [0, 0.1) is 0 Å². The van der Waals surface area contributed by atoms with Crippen molar-refractivity contribution in [2.24, 2.45) is 0 Å². The predicted molar refractivity (Wildman–Crippen MR) is 94.2 cm³/mol. The minimum absolute atomic E-state index is 0.0763. The van der Waals surface area contributed by atoms with E-state index in [4.69, 9.17) is 22.1 Å². The van der Waals surface area contributed by atoms with E-state index in [1.165, 1.54) is 12.1 Å². The number of ether oxygens (including phenoxy) is 1. The van der Waals surface area contributed by atoms with Crippen LogP contribution < -0.4 is 5.73 Å². The standard InChI is InChI=1S/C17H17ClN2O3S/c18-11-5-6-13(19)12(9-11)17(22)23-10-16(21)20-7-1-3-14(20)15-4-2-8-24-15/h2,4-6,8-9,14H,1,3,7,10,19H2. The second-order valence-corrected chi connectivity index (χ2v) is 6.98. The first-order valence-corrected chi connectivity index (χ1v) is 8.87. The second kappa shape index (κ2) is 7.23. The first kappa shape index (κ1) is 16.8. The number of carbonyl (C=O) groups excluding carboxylic acids is 2. The fraction of sp³-hybridized carbons (Fsp3) is 0.294. The normalized spacial score (nSPS) is 17.0. The molecule has 1 fully saturated rings. The molecule has 0 spiro atoms. The highest BCUT2D eigenvalue weighted by molar-refractivity contribution is 7.10. The van der Waals surface area contributed by atoms with E-state index in [1.807, 2.05) is 17.5 Å². The van der Waals surface area contributed by atoms with Gasteiger partial charge in [0, 0.05) is 22.1 Å². The number of nitrogens with two attached hydrogens (primary N) is 1.